The van der Waals surface area contributed by atoms with Gasteiger partial charge >= 0.3 is 12.1 Å². The van der Waals surface area contributed by atoms with Crippen molar-refractivity contribution in [1.82, 2.24) is 9.88 Å². The number of fused-ring (bicyclic) bond motifs is 1. The molecule has 1 aliphatic heterocycles. The van der Waals surface area contributed by atoms with Crippen LogP contribution >= 0.6 is 11.3 Å². The van der Waals surface area contributed by atoms with Gasteiger partial charge in [0, 0.05) is 31.3 Å². The number of esters is 1. The standard InChI is InChI=1S/C19H21F3N2O3S/c1-2-27-16(25)11-13(24-9-5-6-10-24)12-18(26,19(20,21)22)17-23-14-7-3-4-8-15(14)28-17/h3-4,7-8,11,26H,2,5-6,9-10,12H2,1H3/b13-11-/t18-/m0/s1. The lowest BCUT2D eigenvalue weighted by Gasteiger charge is -2.32. The predicted octanol–water partition coefficient (Wildman–Crippen LogP) is 3.98. The highest BCUT2D eigenvalue weighted by Gasteiger charge is 2.57. The van der Waals surface area contributed by atoms with Crippen LogP contribution in [0.3, 0.4) is 0 Å². The molecule has 0 radical (unpaired) electrons. The van der Waals surface area contributed by atoms with Crippen molar-refractivity contribution in [3.63, 3.8) is 0 Å². The summed E-state index contributed by atoms with van der Waals surface area (Å²) in [6.07, 6.45) is -3.08. The fraction of sp³-hybridized carbons (Fsp3) is 0.474. The Bertz CT molecular complexity index is 842. The van der Waals surface area contributed by atoms with Crippen LogP contribution in [0.4, 0.5) is 13.2 Å². The topological polar surface area (TPSA) is 62.7 Å². The van der Waals surface area contributed by atoms with Crippen LogP contribution in [0, 0.1) is 0 Å². The number of thiazole rings is 1. The van der Waals surface area contributed by atoms with Crippen LogP contribution in [0.25, 0.3) is 10.2 Å². The number of rotatable bonds is 6. The Morgan fingerprint density at radius 3 is 2.61 bits per heavy atom. The maximum Gasteiger partial charge on any atom is 0.424 e. The highest BCUT2D eigenvalue weighted by atomic mass is 32.1. The molecule has 5 nitrogen and oxygen atoms in total. The van der Waals surface area contributed by atoms with Crippen LogP contribution < -0.4 is 0 Å². The van der Waals surface area contributed by atoms with Gasteiger partial charge in [-0.1, -0.05) is 12.1 Å². The average Bonchev–Trinajstić information content (AvgIpc) is 3.30. The number of alkyl halides is 3. The molecule has 1 aliphatic rings. The number of hydrogen-bond donors (Lipinski definition) is 1. The molecule has 2 heterocycles. The fourth-order valence-electron chi connectivity index (χ4n) is 3.19. The van der Waals surface area contributed by atoms with Crippen molar-refractivity contribution in [1.29, 1.82) is 0 Å². The Morgan fingerprint density at radius 2 is 2.00 bits per heavy atom. The third kappa shape index (κ3) is 4.15. The zero-order valence-corrected chi connectivity index (χ0v) is 16.1. The van der Waals surface area contributed by atoms with Crippen molar-refractivity contribution >= 4 is 27.5 Å². The number of ether oxygens (including phenoxy) is 1. The Kier molecular flexibility index (Phi) is 5.95. The lowest BCUT2D eigenvalue weighted by Crippen LogP contribution is -2.44. The monoisotopic (exact) mass is 414 g/mol. The van der Waals surface area contributed by atoms with E-state index < -0.39 is 29.2 Å². The lowest BCUT2D eigenvalue weighted by atomic mass is 9.96. The van der Waals surface area contributed by atoms with E-state index in [1.54, 1.807) is 36.1 Å². The normalized spacial score (nSPS) is 17.8. The van der Waals surface area contributed by atoms with E-state index in [1.165, 1.54) is 0 Å². The van der Waals surface area contributed by atoms with Crippen molar-refractivity contribution in [2.24, 2.45) is 0 Å². The minimum atomic E-state index is -4.96. The predicted molar refractivity (Wildman–Crippen MR) is 99.7 cm³/mol. The molecule has 1 fully saturated rings. The van der Waals surface area contributed by atoms with Crippen molar-refractivity contribution in [3.05, 3.63) is 41.0 Å². The van der Waals surface area contributed by atoms with Crippen molar-refractivity contribution in [3.8, 4) is 0 Å². The molecule has 1 aromatic carbocycles. The quantitative estimate of drug-likeness (QED) is 0.572. The number of carbonyl (C=O) groups is 1. The third-order valence-electron chi connectivity index (χ3n) is 4.64. The van der Waals surface area contributed by atoms with Crippen LogP contribution in [0.2, 0.25) is 0 Å². The van der Waals surface area contributed by atoms with Crippen LogP contribution in [-0.4, -0.2) is 46.8 Å². The summed E-state index contributed by atoms with van der Waals surface area (Å²) in [6.45, 7) is 2.79. The molecule has 1 aromatic heterocycles. The van der Waals surface area contributed by atoms with Gasteiger partial charge in [0.05, 0.1) is 16.8 Å². The van der Waals surface area contributed by atoms with Crippen molar-refractivity contribution in [2.75, 3.05) is 19.7 Å². The molecule has 28 heavy (non-hydrogen) atoms. The lowest BCUT2D eigenvalue weighted by molar-refractivity contribution is -0.267. The van der Waals surface area contributed by atoms with Crippen LogP contribution in [0.5, 0.6) is 0 Å². The van der Waals surface area contributed by atoms with E-state index in [0.29, 0.717) is 23.3 Å². The molecule has 0 unspecified atom stereocenters. The Morgan fingerprint density at radius 1 is 1.32 bits per heavy atom. The van der Waals surface area contributed by atoms with E-state index in [-0.39, 0.29) is 12.3 Å². The van der Waals surface area contributed by atoms with Crippen molar-refractivity contribution < 1.29 is 27.8 Å². The average molecular weight is 414 g/mol. The first kappa shape index (κ1) is 20.6. The maximum atomic E-state index is 14.0. The Hall–Kier alpha value is -2.13. The first-order valence-electron chi connectivity index (χ1n) is 9.02. The number of carbonyl (C=O) groups excluding carboxylic acids is 1. The van der Waals surface area contributed by atoms with Gasteiger partial charge in [-0.2, -0.15) is 13.2 Å². The summed E-state index contributed by atoms with van der Waals surface area (Å²) in [5, 5.41) is 10.4. The molecule has 1 saturated heterocycles. The minimum Gasteiger partial charge on any atom is -0.463 e. The van der Waals surface area contributed by atoms with Gasteiger partial charge in [0.2, 0.25) is 5.60 Å². The van der Waals surface area contributed by atoms with Gasteiger partial charge in [-0.25, -0.2) is 9.78 Å². The Balaban J connectivity index is 2.02. The van der Waals surface area contributed by atoms with E-state index in [4.69, 9.17) is 4.74 Å². The summed E-state index contributed by atoms with van der Waals surface area (Å²) in [5.74, 6) is -0.724. The number of hydrogen-bond acceptors (Lipinski definition) is 6. The molecule has 1 atom stereocenters. The molecule has 0 amide bonds. The Labute approximate surface area is 164 Å². The van der Waals surface area contributed by atoms with E-state index in [2.05, 4.69) is 4.98 Å². The first-order valence-corrected chi connectivity index (χ1v) is 9.83. The number of para-hydroxylation sites is 1. The summed E-state index contributed by atoms with van der Waals surface area (Å²) >= 11 is 0.802. The number of likely N-dealkylation sites (tertiary alicyclic amines) is 1. The first-order chi connectivity index (χ1) is 13.2. The molecule has 0 aliphatic carbocycles. The smallest absolute Gasteiger partial charge is 0.424 e. The summed E-state index contributed by atoms with van der Waals surface area (Å²) in [7, 11) is 0. The molecule has 3 rings (SSSR count). The number of nitrogens with zero attached hydrogens (tertiary/aromatic N) is 2. The number of benzene rings is 1. The summed E-state index contributed by atoms with van der Waals surface area (Å²) in [5.41, 5.74) is -2.70. The molecule has 0 spiro atoms. The third-order valence-corrected chi connectivity index (χ3v) is 5.82. The van der Waals surface area contributed by atoms with Gasteiger partial charge in [-0.05, 0) is 31.9 Å². The van der Waals surface area contributed by atoms with E-state index in [9.17, 15) is 23.1 Å². The molecule has 1 N–H and O–H groups in total. The second kappa shape index (κ2) is 8.08. The molecule has 152 valence electrons. The maximum absolute atomic E-state index is 14.0. The SMILES string of the molecule is CCOC(=O)/C=C(/C[C@](O)(c1nc2ccccc2s1)C(F)(F)F)N1CCCC1. The summed E-state index contributed by atoms with van der Waals surface area (Å²) in [4.78, 5) is 17.7. The van der Waals surface area contributed by atoms with Gasteiger partial charge in [0.15, 0.2) is 0 Å². The van der Waals surface area contributed by atoms with Crippen LogP contribution in [0.1, 0.15) is 31.2 Å². The highest BCUT2D eigenvalue weighted by Crippen LogP contribution is 2.46. The van der Waals surface area contributed by atoms with Gasteiger partial charge < -0.3 is 14.7 Å². The molecule has 2 aromatic rings. The number of halogens is 3. The second-order valence-electron chi connectivity index (χ2n) is 6.60. The van der Waals surface area contributed by atoms with Crippen LogP contribution in [-0.2, 0) is 15.1 Å². The molecular formula is C19H21F3N2O3S. The highest BCUT2D eigenvalue weighted by molar-refractivity contribution is 7.18. The largest absolute Gasteiger partial charge is 0.463 e. The zero-order valence-electron chi connectivity index (χ0n) is 15.3. The molecule has 0 bridgehead atoms. The van der Waals surface area contributed by atoms with E-state index >= 15 is 0 Å². The molecule has 9 heteroatoms. The summed E-state index contributed by atoms with van der Waals surface area (Å²) in [6, 6.07) is 6.63. The number of aliphatic hydroxyl groups is 1. The zero-order chi connectivity index (χ0) is 20.4. The summed E-state index contributed by atoms with van der Waals surface area (Å²) < 4.78 is 47.4. The molecule has 0 saturated carbocycles. The van der Waals surface area contributed by atoms with E-state index in [0.717, 1.165) is 30.3 Å². The van der Waals surface area contributed by atoms with Gasteiger partial charge in [-0.15, -0.1) is 11.3 Å². The van der Waals surface area contributed by atoms with Crippen molar-refractivity contribution in [2.45, 2.75) is 38.0 Å². The fourth-order valence-corrected chi connectivity index (χ4v) is 4.26. The molecular weight excluding hydrogens is 393 g/mol. The van der Waals surface area contributed by atoms with Gasteiger partial charge in [0.25, 0.3) is 0 Å². The van der Waals surface area contributed by atoms with Gasteiger partial charge in [0.1, 0.15) is 5.01 Å². The van der Waals surface area contributed by atoms with E-state index in [1.807, 2.05) is 0 Å². The van der Waals surface area contributed by atoms with Gasteiger partial charge in [-0.3, -0.25) is 0 Å². The minimum absolute atomic E-state index is 0.107. The van der Waals surface area contributed by atoms with Crippen LogP contribution in [0.15, 0.2) is 36.0 Å². The second-order valence-corrected chi connectivity index (χ2v) is 7.63. The number of aromatic nitrogens is 1.